The largest absolute Gasteiger partial charge is 0.393 e. The van der Waals surface area contributed by atoms with E-state index in [1.807, 2.05) is 17.4 Å². The molecule has 2 atom stereocenters. The number of thiophene rings is 1. The van der Waals surface area contributed by atoms with Crippen LogP contribution in [0.15, 0.2) is 41.8 Å². The van der Waals surface area contributed by atoms with Gasteiger partial charge in [0.05, 0.1) is 4.99 Å². The Balaban J connectivity index is 1.80. The van der Waals surface area contributed by atoms with Gasteiger partial charge in [0.1, 0.15) is 0 Å². The van der Waals surface area contributed by atoms with Crippen LogP contribution in [0.4, 0.5) is 0 Å². The van der Waals surface area contributed by atoms with E-state index in [-0.39, 0.29) is 5.92 Å². The minimum absolute atomic E-state index is 0.129. The predicted molar refractivity (Wildman–Crippen MR) is 94.0 cm³/mol. The third-order valence-corrected chi connectivity index (χ3v) is 5.65. The van der Waals surface area contributed by atoms with Crippen LogP contribution in [0.25, 0.3) is 0 Å². The van der Waals surface area contributed by atoms with Crippen LogP contribution in [-0.4, -0.2) is 23.0 Å². The van der Waals surface area contributed by atoms with Crippen molar-refractivity contribution in [1.29, 1.82) is 0 Å². The molecule has 1 aliphatic heterocycles. The molecule has 0 amide bonds. The van der Waals surface area contributed by atoms with Crippen molar-refractivity contribution in [3.8, 4) is 0 Å². The maximum absolute atomic E-state index is 6.01. The van der Waals surface area contributed by atoms with E-state index in [1.165, 1.54) is 16.0 Å². The lowest BCUT2D eigenvalue weighted by Crippen LogP contribution is -2.39. The minimum Gasteiger partial charge on any atom is -0.393 e. The smallest absolute Gasteiger partial charge is 0.0816 e. The lowest BCUT2D eigenvalue weighted by Gasteiger charge is -2.36. The number of nitrogens with zero attached hydrogens (tertiary/aromatic N) is 1. The molecule has 2 heterocycles. The van der Waals surface area contributed by atoms with Crippen LogP contribution in [0.2, 0.25) is 0 Å². The fourth-order valence-corrected chi connectivity index (χ4v) is 4.26. The van der Waals surface area contributed by atoms with Gasteiger partial charge in [0.25, 0.3) is 0 Å². The molecule has 0 saturated carbocycles. The minimum atomic E-state index is 0.129. The van der Waals surface area contributed by atoms with Crippen LogP contribution in [-0.2, 0) is 6.42 Å². The number of nitrogens with two attached hydrogens (primary N) is 1. The zero-order chi connectivity index (χ0) is 14.8. The van der Waals surface area contributed by atoms with Crippen LogP contribution in [0.5, 0.6) is 0 Å². The van der Waals surface area contributed by atoms with Crippen LogP contribution >= 0.6 is 23.6 Å². The topological polar surface area (TPSA) is 29.3 Å². The predicted octanol–water partition coefficient (Wildman–Crippen LogP) is 3.74. The van der Waals surface area contributed by atoms with Crippen molar-refractivity contribution in [3.63, 3.8) is 0 Å². The van der Waals surface area contributed by atoms with Crippen molar-refractivity contribution in [1.82, 2.24) is 4.90 Å². The van der Waals surface area contributed by atoms with Gasteiger partial charge in [0.2, 0.25) is 0 Å². The highest BCUT2D eigenvalue weighted by atomic mass is 32.1. The summed E-state index contributed by atoms with van der Waals surface area (Å²) in [5, 5.41) is 2.20. The summed E-state index contributed by atoms with van der Waals surface area (Å²) in [6.07, 6.45) is 1.14. The Morgan fingerprint density at radius 3 is 2.86 bits per heavy atom. The molecule has 3 rings (SSSR count). The van der Waals surface area contributed by atoms with Crippen molar-refractivity contribution in [2.75, 3.05) is 13.1 Å². The third-order valence-electron chi connectivity index (χ3n) is 4.37. The van der Waals surface area contributed by atoms with Crippen LogP contribution < -0.4 is 5.73 Å². The third kappa shape index (κ3) is 3.03. The van der Waals surface area contributed by atoms with Gasteiger partial charge >= 0.3 is 0 Å². The number of fused-ring (bicyclic) bond motifs is 1. The van der Waals surface area contributed by atoms with Gasteiger partial charge in [0, 0.05) is 29.9 Å². The SMILES string of the molecule is CC1c2ccsc2CCN1CC(C(N)=S)c1ccccc1. The summed E-state index contributed by atoms with van der Waals surface area (Å²) in [6, 6.07) is 13.1. The number of rotatable bonds is 4. The van der Waals surface area contributed by atoms with Gasteiger partial charge in [0.15, 0.2) is 0 Å². The summed E-state index contributed by atoms with van der Waals surface area (Å²) in [6.45, 7) is 4.27. The molecule has 21 heavy (non-hydrogen) atoms. The first kappa shape index (κ1) is 14.7. The van der Waals surface area contributed by atoms with Crippen molar-refractivity contribution in [3.05, 3.63) is 57.8 Å². The van der Waals surface area contributed by atoms with Crippen LogP contribution in [0, 0.1) is 0 Å². The van der Waals surface area contributed by atoms with Gasteiger partial charge in [-0.15, -0.1) is 11.3 Å². The zero-order valence-electron chi connectivity index (χ0n) is 12.2. The Bertz CT molecular complexity index is 621. The average molecular weight is 316 g/mol. The van der Waals surface area contributed by atoms with E-state index in [0.29, 0.717) is 11.0 Å². The first-order chi connectivity index (χ1) is 10.2. The molecule has 2 unspecified atom stereocenters. The Morgan fingerprint density at radius 2 is 2.14 bits per heavy atom. The molecule has 0 fully saturated rings. The molecule has 0 saturated heterocycles. The molecule has 2 aromatic rings. The standard InChI is InChI=1S/C17H20N2S2/c1-12-14-8-10-21-16(14)7-9-19(12)11-15(17(18)20)13-5-3-2-4-6-13/h2-6,8,10,12,15H,7,9,11H2,1H3,(H2,18,20). The van der Waals surface area contributed by atoms with E-state index in [4.69, 9.17) is 18.0 Å². The summed E-state index contributed by atoms with van der Waals surface area (Å²) in [4.78, 5) is 4.63. The van der Waals surface area contributed by atoms with Gasteiger partial charge in [-0.3, -0.25) is 4.90 Å². The molecule has 0 spiro atoms. The van der Waals surface area contributed by atoms with Crippen molar-refractivity contribution in [2.24, 2.45) is 5.73 Å². The highest BCUT2D eigenvalue weighted by Gasteiger charge is 2.28. The van der Waals surface area contributed by atoms with Gasteiger partial charge in [-0.2, -0.15) is 0 Å². The maximum atomic E-state index is 6.01. The van der Waals surface area contributed by atoms with Gasteiger partial charge in [-0.1, -0.05) is 42.5 Å². The molecule has 1 aromatic heterocycles. The van der Waals surface area contributed by atoms with Crippen molar-refractivity contribution >= 4 is 28.5 Å². The molecule has 2 N–H and O–H groups in total. The Labute approximate surface area is 135 Å². The molecule has 0 aliphatic carbocycles. The molecular weight excluding hydrogens is 296 g/mol. The van der Waals surface area contributed by atoms with Crippen LogP contribution in [0.1, 0.15) is 34.9 Å². The van der Waals surface area contributed by atoms with Gasteiger partial charge in [-0.05, 0) is 35.9 Å². The second kappa shape index (κ2) is 6.26. The number of hydrogen-bond acceptors (Lipinski definition) is 3. The Hall–Kier alpha value is -1.23. The summed E-state index contributed by atoms with van der Waals surface area (Å²) in [7, 11) is 0. The summed E-state index contributed by atoms with van der Waals surface area (Å²) in [5.41, 5.74) is 8.70. The second-order valence-electron chi connectivity index (χ2n) is 5.59. The van der Waals surface area contributed by atoms with E-state index in [9.17, 15) is 0 Å². The maximum Gasteiger partial charge on any atom is 0.0816 e. The molecular formula is C17H20N2S2. The quantitative estimate of drug-likeness (QED) is 0.871. The number of hydrogen-bond donors (Lipinski definition) is 1. The molecule has 4 heteroatoms. The Morgan fingerprint density at radius 1 is 1.38 bits per heavy atom. The number of benzene rings is 1. The highest BCUT2D eigenvalue weighted by Crippen LogP contribution is 2.34. The lowest BCUT2D eigenvalue weighted by molar-refractivity contribution is 0.198. The molecule has 1 aliphatic rings. The monoisotopic (exact) mass is 316 g/mol. The second-order valence-corrected chi connectivity index (χ2v) is 7.06. The lowest BCUT2D eigenvalue weighted by atomic mass is 9.95. The van der Waals surface area contributed by atoms with E-state index < -0.39 is 0 Å². The van der Waals surface area contributed by atoms with E-state index in [1.54, 1.807) is 0 Å². The first-order valence-electron chi connectivity index (χ1n) is 7.31. The summed E-state index contributed by atoms with van der Waals surface area (Å²) < 4.78 is 0. The molecule has 0 bridgehead atoms. The van der Waals surface area contributed by atoms with Crippen LogP contribution in [0.3, 0.4) is 0 Å². The van der Waals surface area contributed by atoms with E-state index >= 15 is 0 Å². The van der Waals surface area contributed by atoms with Crippen molar-refractivity contribution < 1.29 is 0 Å². The van der Waals surface area contributed by atoms with E-state index in [2.05, 4.69) is 47.5 Å². The van der Waals surface area contributed by atoms with E-state index in [0.717, 1.165) is 19.5 Å². The van der Waals surface area contributed by atoms with Gasteiger partial charge < -0.3 is 5.73 Å². The molecule has 0 radical (unpaired) electrons. The van der Waals surface area contributed by atoms with Crippen molar-refractivity contribution in [2.45, 2.75) is 25.3 Å². The average Bonchev–Trinajstić information content (AvgIpc) is 2.96. The fraction of sp³-hybridized carbons (Fsp3) is 0.353. The molecule has 1 aromatic carbocycles. The summed E-state index contributed by atoms with van der Waals surface area (Å²) in [5.74, 6) is 0.129. The molecule has 110 valence electrons. The first-order valence-corrected chi connectivity index (χ1v) is 8.60. The Kier molecular flexibility index (Phi) is 4.38. The normalized spacial score (nSPS) is 20.0. The fourth-order valence-electron chi connectivity index (χ4n) is 3.09. The zero-order valence-corrected chi connectivity index (χ0v) is 13.8. The van der Waals surface area contributed by atoms with Gasteiger partial charge in [-0.25, -0.2) is 0 Å². The molecule has 2 nitrogen and oxygen atoms in total. The highest BCUT2D eigenvalue weighted by molar-refractivity contribution is 7.80. The summed E-state index contributed by atoms with van der Waals surface area (Å²) >= 11 is 7.20. The number of thiocarbonyl (C=S) groups is 1.